The van der Waals surface area contributed by atoms with Crippen molar-refractivity contribution in [1.82, 2.24) is 0 Å². The van der Waals surface area contributed by atoms with Crippen LogP contribution in [0.5, 0.6) is 5.75 Å². The summed E-state index contributed by atoms with van der Waals surface area (Å²) in [5.41, 5.74) is 0. The normalized spacial score (nSPS) is 9.23. The van der Waals surface area contributed by atoms with Crippen molar-refractivity contribution in [3.05, 3.63) is 16.3 Å². The van der Waals surface area contributed by atoms with Gasteiger partial charge in [0.1, 0.15) is 10.6 Å². The highest BCUT2D eigenvalue weighted by Gasteiger charge is 2.12. The van der Waals surface area contributed by atoms with E-state index in [2.05, 4.69) is 0 Å². The summed E-state index contributed by atoms with van der Waals surface area (Å²) in [6.07, 6.45) is 0.535. The minimum Gasteiger partial charge on any atom is -0.495 e. The molecular formula is C9H9NO2S. The summed E-state index contributed by atoms with van der Waals surface area (Å²) in [6, 6.07) is 3.70. The van der Waals surface area contributed by atoms with Crippen molar-refractivity contribution in [1.29, 1.82) is 5.26 Å². The zero-order valence-electron chi connectivity index (χ0n) is 7.24. The van der Waals surface area contributed by atoms with Gasteiger partial charge in [-0.15, -0.1) is 11.3 Å². The quantitative estimate of drug-likeness (QED) is 0.692. The lowest BCUT2D eigenvalue weighted by molar-refractivity contribution is 0.0985. The Morgan fingerprint density at radius 2 is 2.54 bits per heavy atom. The zero-order chi connectivity index (χ0) is 9.68. The van der Waals surface area contributed by atoms with Crippen molar-refractivity contribution in [2.75, 3.05) is 7.11 Å². The molecule has 1 rings (SSSR count). The van der Waals surface area contributed by atoms with E-state index >= 15 is 0 Å². The summed E-state index contributed by atoms with van der Waals surface area (Å²) in [6.45, 7) is 0. The Balaban J connectivity index is 2.71. The van der Waals surface area contributed by atoms with Gasteiger partial charge in [0.15, 0.2) is 5.78 Å². The number of ketones is 1. The molecule has 0 N–H and O–H groups in total. The SMILES string of the molecule is COc1ccsc1C(=O)CCC#N. The first-order chi connectivity index (χ1) is 6.29. The van der Waals surface area contributed by atoms with Crippen molar-refractivity contribution in [2.45, 2.75) is 12.8 Å². The predicted molar refractivity (Wildman–Crippen MR) is 50.0 cm³/mol. The monoisotopic (exact) mass is 195 g/mol. The highest BCUT2D eigenvalue weighted by molar-refractivity contribution is 7.12. The second-order valence-electron chi connectivity index (χ2n) is 2.40. The van der Waals surface area contributed by atoms with Gasteiger partial charge in [0.2, 0.25) is 0 Å². The van der Waals surface area contributed by atoms with E-state index in [9.17, 15) is 4.79 Å². The number of methoxy groups -OCH3 is 1. The second kappa shape index (κ2) is 4.63. The zero-order valence-corrected chi connectivity index (χ0v) is 8.06. The lowest BCUT2D eigenvalue weighted by Crippen LogP contribution is -1.97. The van der Waals surface area contributed by atoms with Crippen LogP contribution in [0.1, 0.15) is 22.5 Å². The van der Waals surface area contributed by atoms with Crippen molar-refractivity contribution in [3.63, 3.8) is 0 Å². The first kappa shape index (κ1) is 9.75. The molecule has 1 aromatic heterocycles. The number of nitrogens with zero attached hydrogens (tertiary/aromatic N) is 1. The molecule has 68 valence electrons. The number of rotatable bonds is 4. The first-order valence-electron chi connectivity index (χ1n) is 3.81. The first-order valence-corrected chi connectivity index (χ1v) is 4.69. The number of hydrogen-bond donors (Lipinski definition) is 0. The topological polar surface area (TPSA) is 50.1 Å². The minimum absolute atomic E-state index is 0.0200. The molecule has 0 spiro atoms. The van der Waals surface area contributed by atoms with E-state index in [1.807, 2.05) is 6.07 Å². The molecule has 0 aliphatic rings. The third kappa shape index (κ3) is 2.30. The van der Waals surface area contributed by atoms with E-state index in [1.165, 1.54) is 18.4 Å². The van der Waals surface area contributed by atoms with Gasteiger partial charge >= 0.3 is 0 Å². The Labute approximate surface area is 80.6 Å². The fraction of sp³-hybridized carbons (Fsp3) is 0.333. The molecule has 0 aliphatic heterocycles. The van der Waals surface area contributed by atoms with Crippen LogP contribution in [0.3, 0.4) is 0 Å². The molecule has 0 saturated heterocycles. The highest BCUT2D eigenvalue weighted by atomic mass is 32.1. The Hall–Kier alpha value is -1.34. The second-order valence-corrected chi connectivity index (χ2v) is 3.32. The van der Waals surface area contributed by atoms with Gasteiger partial charge in [-0.2, -0.15) is 5.26 Å². The van der Waals surface area contributed by atoms with Crippen molar-refractivity contribution in [2.24, 2.45) is 0 Å². The Morgan fingerprint density at radius 3 is 3.15 bits per heavy atom. The van der Waals surface area contributed by atoms with Gasteiger partial charge in [-0.25, -0.2) is 0 Å². The molecule has 1 heterocycles. The predicted octanol–water partition coefficient (Wildman–Crippen LogP) is 2.24. The van der Waals surface area contributed by atoms with Gasteiger partial charge in [-0.05, 0) is 11.4 Å². The third-order valence-electron chi connectivity index (χ3n) is 1.57. The lowest BCUT2D eigenvalue weighted by atomic mass is 10.2. The average Bonchev–Trinajstić information content (AvgIpc) is 2.61. The maximum absolute atomic E-state index is 11.4. The average molecular weight is 195 g/mol. The molecular weight excluding hydrogens is 186 g/mol. The number of thiophene rings is 1. The van der Waals surface area contributed by atoms with Crippen LogP contribution in [0, 0.1) is 11.3 Å². The Bertz CT molecular complexity index is 338. The highest BCUT2D eigenvalue weighted by Crippen LogP contribution is 2.25. The van der Waals surface area contributed by atoms with Gasteiger partial charge < -0.3 is 4.74 Å². The van der Waals surface area contributed by atoms with Crippen LogP contribution in [-0.2, 0) is 0 Å². The van der Waals surface area contributed by atoms with E-state index in [0.29, 0.717) is 10.6 Å². The number of carbonyl (C=O) groups is 1. The number of hydrogen-bond acceptors (Lipinski definition) is 4. The van der Waals surface area contributed by atoms with Crippen LogP contribution in [0.2, 0.25) is 0 Å². The molecule has 3 nitrogen and oxygen atoms in total. The molecule has 0 saturated carbocycles. The summed E-state index contributed by atoms with van der Waals surface area (Å²) in [7, 11) is 1.53. The molecule has 0 fully saturated rings. The molecule has 0 radical (unpaired) electrons. The summed E-state index contributed by atoms with van der Waals surface area (Å²) in [4.78, 5) is 12.0. The van der Waals surface area contributed by atoms with Gasteiger partial charge in [-0.3, -0.25) is 4.79 Å². The number of ether oxygens (including phenoxy) is 1. The van der Waals surface area contributed by atoms with Gasteiger partial charge in [-0.1, -0.05) is 0 Å². The number of Topliss-reactive ketones (excluding diaryl/α,β-unsaturated/α-hetero) is 1. The molecule has 1 aromatic rings. The van der Waals surface area contributed by atoms with Gasteiger partial charge in [0.25, 0.3) is 0 Å². The summed E-state index contributed by atoms with van der Waals surface area (Å²) < 4.78 is 4.99. The van der Waals surface area contributed by atoms with Gasteiger partial charge in [0, 0.05) is 12.8 Å². The lowest BCUT2D eigenvalue weighted by Gasteiger charge is -1.98. The standard InChI is InChI=1S/C9H9NO2S/c1-12-8-4-6-13-9(8)7(11)3-2-5-10/h4,6H,2-3H2,1H3. The van der Waals surface area contributed by atoms with E-state index in [0.717, 1.165) is 0 Å². The largest absolute Gasteiger partial charge is 0.495 e. The van der Waals surface area contributed by atoms with E-state index in [-0.39, 0.29) is 18.6 Å². The fourth-order valence-corrected chi connectivity index (χ4v) is 1.77. The van der Waals surface area contributed by atoms with E-state index in [1.54, 1.807) is 11.4 Å². The maximum atomic E-state index is 11.4. The molecule has 13 heavy (non-hydrogen) atoms. The third-order valence-corrected chi connectivity index (χ3v) is 2.50. The molecule has 0 atom stereocenters. The van der Waals surface area contributed by atoms with Crippen LogP contribution in [0.4, 0.5) is 0 Å². The molecule has 0 unspecified atom stereocenters. The number of carbonyl (C=O) groups excluding carboxylic acids is 1. The van der Waals surface area contributed by atoms with Crippen LogP contribution >= 0.6 is 11.3 Å². The van der Waals surface area contributed by atoms with E-state index < -0.39 is 0 Å². The Morgan fingerprint density at radius 1 is 1.77 bits per heavy atom. The smallest absolute Gasteiger partial charge is 0.177 e. The van der Waals surface area contributed by atoms with Crippen LogP contribution in [-0.4, -0.2) is 12.9 Å². The number of nitriles is 1. The molecule has 0 amide bonds. The summed E-state index contributed by atoms with van der Waals surface area (Å²) in [5.74, 6) is 0.585. The summed E-state index contributed by atoms with van der Waals surface area (Å²) >= 11 is 1.35. The van der Waals surface area contributed by atoms with Crippen molar-refractivity contribution >= 4 is 17.1 Å². The van der Waals surface area contributed by atoms with Crippen molar-refractivity contribution < 1.29 is 9.53 Å². The molecule has 0 bridgehead atoms. The Kier molecular flexibility index (Phi) is 3.47. The maximum Gasteiger partial charge on any atom is 0.177 e. The van der Waals surface area contributed by atoms with Crippen LogP contribution in [0.15, 0.2) is 11.4 Å². The molecule has 0 aromatic carbocycles. The van der Waals surface area contributed by atoms with Gasteiger partial charge in [0.05, 0.1) is 13.2 Å². The summed E-state index contributed by atoms with van der Waals surface area (Å²) in [5, 5.41) is 10.1. The minimum atomic E-state index is -0.0200. The van der Waals surface area contributed by atoms with Crippen molar-refractivity contribution in [3.8, 4) is 11.8 Å². The van der Waals surface area contributed by atoms with Crippen LogP contribution in [0.25, 0.3) is 0 Å². The van der Waals surface area contributed by atoms with Crippen LogP contribution < -0.4 is 4.74 Å². The van der Waals surface area contributed by atoms with E-state index in [4.69, 9.17) is 10.00 Å². The molecule has 0 aliphatic carbocycles. The fourth-order valence-electron chi connectivity index (χ4n) is 0.944. The molecule has 4 heteroatoms.